The molecule has 0 aliphatic rings. The number of phosphoric ester groups is 1. The largest absolute Gasteiger partial charge is 0.472 e. The van der Waals surface area contributed by atoms with E-state index in [0.29, 0.717) is 24.1 Å². The highest BCUT2D eigenvalue weighted by Crippen LogP contribution is 2.43. The number of carbonyl (C=O) groups excluding carboxylic acids is 1. The molecule has 2 atom stereocenters. The predicted octanol–water partition coefficient (Wildman–Crippen LogP) is 12.7. The molecule has 0 aliphatic carbocycles. The number of hydrogen-bond acceptors (Lipinski definition) is 6. The molecule has 0 spiro atoms. The molecule has 0 bridgehead atoms. The molecule has 0 aromatic rings. The first-order chi connectivity index (χ1) is 26.6. The molecular weight excluding hydrogens is 709 g/mol. The Balaban J connectivity index is 4.26. The summed E-state index contributed by atoms with van der Waals surface area (Å²) in [5, 5.41) is 0. The van der Waals surface area contributed by atoms with Gasteiger partial charge in [0.05, 0.1) is 34.4 Å². The summed E-state index contributed by atoms with van der Waals surface area (Å²) in [6, 6.07) is 0. The monoisotopic (exact) mass is 793 g/mol. The van der Waals surface area contributed by atoms with Crippen LogP contribution < -0.4 is 0 Å². The Morgan fingerprint density at radius 3 is 1.58 bits per heavy atom. The number of esters is 1. The van der Waals surface area contributed by atoms with E-state index >= 15 is 0 Å². The van der Waals surface area contributed by atoms with Crippen molar-refractivity contribution >= 4 is 13.8 Å². The fourth-order valence-corrected chi connectivity index (χ4v) is 6.18. The molecule has 9 heteroatoms. The van der Waals surface area contributed by atoms with Crippen LogP contribution in [0, 0.1) is 0 Å². The van der Waals surface area contributed by atoms with E-state index in [-0.39, 0.29) is 25.8 Å². The van der Waals surface area contributed by atoms with Gasteiger partial charge < -0.3 is 18.9 Å². The van der Waals surface area contributed by atoms with Gasteiger partial charge in [-0.25, -0.2) is 4.57 Å². The summed E-state index contributed by atoms with van der Waals surface area (Å²) >= 11 is 0. The van der Waals surface area contributed by atoms with Crippen LogP contribution >= 0.6 is 7.82 Å². The lowest BCUT2D eigenvalue weighted by atomic mass is 10.1. The average molecular weight is 793 g/mol. The number of unbranched alkanes of at least 4 members (excludes halogenated alkanes) is 13. The lowest BCUT2D eigenvalue weighted by molar-refractivity contribution is -0.870. The van der Waals surface area contributed by atoms with Crippen LogP contribution in [0.5, 0.6) is 0 Å². The quantitative estimate of drug-likeness (QED) is 0.0218. The topological polar surface area (TPSA) is 91.3 Å². The van der Waals surface area contributed by atoms with Gasteiger partial charge in [0.15, 0.2) is 0 Å². The van der Waals surface area contributed by atoms with Gasteiger partial charge in [0.1, 0.15) is 19.3 Å². The van der Waals surface area contributed by atoms with Gasteiger partial charge in [-0.15, -0.1) is 0 Å². The number of carbonyl (C=O) groups is 1. The number of phosphoric acid groups is 1. The van der Waals surface area contributed by atoms with Crippen LogP contribution in [-0.2, 0) is 27.9 Å². The minimum Gasteiger partial charge on any atom is -0.457 e. The van der Waals surface area contributed by atoms with Crippen LogP contribution in [0.4, 0.5) is 0 Å². The molecule has 0 fully saturated rings. The van der Waals surface area contributed by atoms with E-state index in [9.17, 15) is 14.3 Å². The maximum atomic E-state index is 12.7. The molecule has 0 radical (unpaired) electrons. The second-order valence-electron chi connectivity index (χ2n) is 15.3. The Morgan fingerprint density at radius 2 is 1.05 bits per heavy atom. The molecule has 55 heavy (non-hydrogen) atoms. The van der Waals surface area contributed by atoms with Crippen LogP contribution in [0.15, 0.2) is 72.9 Å². The van der Waals surface area contributed by atoms with Crippen molar-refractivity contribution < 1.29 is 37.3 Å². The molecule has 8 nitrogen and oxygen atoms in total. The van der Waals surface area contributed by atoms with Gasteiger partial charge in [0.25, 0.3) is 0 Å². The Bertz CT molecular complexity index is 1110. The Labute approximate surface area is 338 Å². The summed E-state index contributed by atoms with van der Waals surface area (Å²) in [5.74, 6) is -0.341. The Hall–Kier alpha value is -2.06. The van der Waals surface area contributed by atoms with Crippen molar-refractivity contribution in [2.45, 2.75) is 161 Å². The van der Waals surface area contributed by atoms with Crippen molar-refractivity contribution in [2.24, 2.45) is 0 Å². The van der Waals surface area contributed by atoms with Crippen molar-refractivity contribution in [3.63, 3.8) is 0 Å². The highest BCUT2D eigenvalue weighted by molar-refractivity contribution is 7.47. The first-order valence-electron chi connectivity index (χ1n) is 21.7. The predicted molar refractivity (Wildman–Crippen MR) is 233 cm³/mol. The minimum atomic E-state index is -4.28. The molecule has 2 unspecified atom stereocenters. The standard InChI is InChI=1S/C46H82NO7P/c1-6-8-10-12-14-16-18-19-20-21-22-23-24-25-26-27-28-29-30-31-33-35-37-39-46(48)54-45(44-53-55(49,50)52-42-40-47(3,4)5)43-51-41-38-36-34-32-17-15-13-11-9-7-2/h8,10,14,16,19-20,22-23,25-26,28-29,45H,6-7,9,11-13,15,17-18,21,24,27,30-44H2,1-5H3/p+1/b10-8-,16-14-,20-19-,23-22-,26-25-,29-28-. The zero-order valence-electron chi connectivity index (χ0n) is 35.9. The van der Waals surface area contributed by atoms with Crippen LogP contribution in [0.25, 0.3) is 0 Å². The van der Waals surface area contributed by atoms with E-state index in [0.717, 1.165) is 83.5 Å². The Morgan fingerprint density at radius 1 is 0.582 bits per heavy atom. The summed E-state index contributed by atoms with van der Waals surface area (Å²) in [5.41, 5.74) is 0. The molecule has 1 N–H and O–H groups in total. The van der Waals surface area contributed by atoms with Crippen LogP contribution in [0.3, 0.4) is 0 Å². The number of quaternary nitrogens is 1. The number of ether oxygens (including phenoxy) is 2. The molecule has 0 rings (SSSR count). The molecule has 318 valence electrons. The van der Waals surface area contributed by atoms with Gasteiger partial charge >= 0.3 is 13.8 Å². The second kappa shape index (κ2) is 38.8. The third-order valence-electron chi connectivity index (χ3n) is 8.78. The maximum absolute atomic E-state index is 12.7. The number of likely N-dealkylation sites (N-methyl/N-ethyl adjacent to an activating group) is 1. The van der Waals surface area contributed by atoms with E-state index < -0.39 is 13.9 Å². The molecule has 0 amide bonds. The normalized spacial score (nSPS) is 14.5. The van der Waals surface area contributed by atoms with Crippen molar-refractivity contribution in [1.29, 1.82) is 0 Å². The zero-order chi connectivity index (χ0) is 40.6. The highest BCUT2D eigenvalue weighted by atomic mass is 31.2. The van der Waals surface area contributed by atoms with Crippen molar-refractivity contribution in [3.05, 3.63) is 72.9 Å². The maximum Gasteiger partial charge on any atom is 0.472 e. The van der Waals surface area contributed by atoms with Crippen molar-refractivity contribution in [1.82, 2.24) is 0 Å². The zero-order valence-corrected chi connectivity index (χ0v) is 36.8. The minimum absolute atomic E-state index is 0.0804. The van der Waals surface area contributed by atoms with Crippen LogP contribution in [0.2, 0.25) is 0 Å². The number of allylic oxidation sites excluding steroid dienone is 12. The molecule has 0 aromatic heterocycles. The van der Waals surface area contributed by atoms with Crippen LogP contribution in [-0.4, -0.2) is 75.6 Å². The third-order valence-corrected chi connectivity index (χ3v) is 9.77. The van der Waals surface area contributed by atoms with E-state index in [4.69, 9.17) is 18.5 Å². The summed E-state index contributed by atoms with van der Waals surface area (Å²) in [7, 11) is 1.64. The fraction of sp³-hybridized carbons (Fsp3) is 0.717. The first-order valence-corrected chi connectivity index (χ1v) is 23.2. The Kier molecular flexibility index (Phi) is 37.3. The molecular formula is C46H83NO7P+. The van der Waals surface area contributed by atoms with Gasteiger partial charge in [0.2, 0.25) is 0 Å². The SMILES string of the molecule is CC/C=C\C/C=C\C/C=C\C/C=C\C/C=C\C/C=C\CCCCCCC(=O)OC(COCCCCCCCCCCCC)COP(=O)(O)OCC[N+](C)(C)C. The van der Waals surface area contributed by atoms with E-state index in [1.54, 1.807) is 0 Å². The van der Waals surface area contributed by atoms with Crippen molar-refractivity contribution in [2.75, 3.05) is 54.1 Å². The first kappa shape index (κ1) is 52.9. The van der Waals surface area contributed by atoms with Crippen LogP contribution in [0.1, 0.15) is 155 Å². The number of hydrogen-bond donors (Lipinski definition) is 1. The fourth-order valence-electron chi connectivity index (χ4n) is 5.44. The lowest BCUT2D eigenvalue weighted by Crippen LogP contribution is -2.37. The molecule has 0 aromatic carbocycles. The molecule has 0 heterocycles. The lowest BCUT2D eigenvalue weighted by Gasteiger charge is -2.24. The molecule has 0 saturated heterocycles. The van der Waals surface area contributed by atoms with Gasteiger partial charge in [-0.1, -0.05) is 157 Å². The van der Waals surface area contributed by atoms with E-state index in [1.807, 2.05) is 21.1 Å². The smallest absolute Gasteiger partial charge is 0.457 e. The summed E-state index contributed by atoms with van der Waals surface area (Å²) in [6.45, 7) is 5.45. The third kappa shape index (κ3) is 42.9. The number of nitrogens with zero attached hydrogens (tertiary/aromatic N) is 1. The average Bonchev–Trinajstić information content (AvgIpc) is 3.13. The van der Waals surface area contributed by atoms with E-state index in [1.165, 1.54) is 51.4 Å². The summed E-state index contributed by atoms with van der Waals surface area (Å²) < 4.78 is 34.9. The van der Waals surface area contributed by atoms with Gasteiger partial charge in [-0.05, 0) is 64.2 Å². The second-order valence-corrected chi connectivity index (χ2v) is 16.8. The highest BCUT2D eigenvalue weighted by Gasteiger charge is 2.26. The van der Waals surface area contributed by atoms with Crippen molar-refractivity contribution in [3.8, 4) is 0 Å². The molecule has 0 saturated carbocycles. The van der Waals surface area contributed by atoms with Gasteiger partial charge in [-0.2, -0.15) is 0 Å². The molecule has 0 aliphatic heterocycles. The number of rotatable bonds is 39. The van der Waals surface area contributed by atoms with Gasteiger partial charge in [0, 0.05) is 13.0 Å². The summed E-state index contributed by atoms with van der Waals surface area (Å²) in [6.07, 6.45) is 49.3. The summed E-state index contributed by atoms with van der Waals surface area (Å²) in [4.78, 5) is 22.8. The van der Waals surface area contributed by atoms with Gasteiger partial charge in [-0.3, -0.25) is 13.8 Å². The van der Waals surface area contributed by atoms with E-state index in [2.05, 4.69) is 86.8 Å².